The Hall–Kier alpha value is -1.76. The first-order valence-electron chi connectivity index (χ1n) is 7.38. The molecule has 0 N–H and O–H groups in total. The molecule has 0 aliphatic heterocycles. The van der Waals surface area contributed by atoms with Crippen LogP contribution in [-0.2, 0) is 11.8 Å². The Balaban J connectivity index is 2.16. The van der Waals surface area contributed by atoms with Gasteiger partial charge in [0, 0.05) is 20.1 Å². The average molecular weight is 322 g/mol. The predicted octanol–water partition coefficient (Wildman–Crippen LogP) is 2.73. The summed E-state index contributed by atoms with van der Waals surface area (Å²) < 4.78 is 7.21. The van der Waals surface area contributed by atoms with Crippen LogP contribution in [0.2, 0.25) is 0 Å². The second-order valence-electron chi connectivity index (χ2n) is 5.03. The Bertz CT molecular complexity index is 646. The summed E-state index contributed by atoms with van der Waals surface area (Å²) in [5.41, 5.74) is 0.921. The quantitative estimate of drug-likeness (QED) is 0.765. The maximum atomic E-state index is 12.3. The molecule has 0 radical (unpaired) electrons. The van der Waals surface area contributed by atoms with Gasteiger partial charge < -0.3 is 13.9 Å². The van der Waals surface area contributed by atoms with Gasteiger partial charge in [0.1, 0.15) is 5.76 Å². The third-order valence-corrected chi connectivity index (χ3v) is 4.76. The van der Waals surface area contributed by atoms with Crippen molar-refractivity contribution in [2.24, 2.45) is 7.05 Å². The summed E-state index contributed by atoms with van der Waals surface area (Å²) in [6.07, 6.45) is 1.64. The van der Waals surface area contributed by atoms with Gasteiger partial charge in [-0.05, 0) is 33.8 Å². The van der Waals surface area contributed by atoms with Crippen molar-refractivity contribution in [1.29, 1.82) is 0 Å². The van der Waals surface area contributed by atoms with Crippen LogP contribution in [0.1, 0.15) is 26.5 Å². The molecule has 0 aliphatic rings. The van der Waals surface area contributed by atoms with Crippen LogP contribution in [-0.4, -0.2) is 43.9 Å². The van der Waals surface area contributed by atoms with E-state index in [2.05, 4.69) is 10.2 Å². The molecule has 7 heteroatoms. The van der Waals surface area contributed by atoms with Crippen molar-refractivity contribution in [1.82, 2.24) is 19.7 Å². The summed E-state index contributed by atoms with van der Waals surface area (Å²) >= 11 is 1.43. The molecule has 2 rings (SSSR count). The highest BCUT2D eigenvalue weighted by Gasteiger charge is 2.23. The van der Waals surface area contributed by atoms with Crippen LogP contribution < -0.4 is 0 Å². The normalized spacial score (nSPS) is 12.4. The Morgan fingerprint density at radius 3 is 2.64 bits per heavy atom. The molecule has 120 valence electrons. The van der Waals surface area contributed by atoms with Gasteiger partial charge in [-0.1, -0.05) is 11.8 Å². The second kappa shape index (κ2) is 7.00. The molecule has 2 aromatic heterocycles. The van der Waals surface area contributed by atoms with E-state index >= 15 is 0 Å². The molecule has 1 unspecified atom stereocenters. The van der Waals surface area contributed by atoms with E-state index < -0.39 is 0 Å². The van der Waals surface area contributed by atoms with Crippen LogP contribution in [0.4, 0.5) is 0 Å². The number of amides is 1. The fourth-order valence-corrected chi connectivity index (χ4v) is 3.17. The SMILES string of the molecule is CCN(CC)C(=O)C(C)Sc1nnc(-c2ccoc2C)n1C. The minimum atomic E-state index is -0.193. The Morgan fingerprint density at radius 1 is 1.41 bits per heavy atom. The Morgan fingerprint density at radius 2 is 2.09 bits per heavy atom. The van der Waals surface area contributed by atoms with Crippen LogP contribution in [0.3, 0.4) is 0 Å². The molecule has 2 aromatic rings. The van der Waals surface area contributed by atoms with Gasteiger partial charge in [-0.15, -0.1) is 10.2 Å². The predicted molar refractivity (Wildman–Crippen MR) is 86.7 cm³/mol. The fourth-order valence-electron chi connectivity index (χ4n) is 2.27. The molecule has 0 saturated carbocycles. The van der Waals surface area contributed by atoms with E-state index in [1.54, 1.807) is 6.26 Å². The summed E-state index contributed by atoms with van der Waals surface area (Å²) in [5.74, 6) is 1.68. The first kappa shape index (κ1) is 16.6. The topological polar surface area (TPSA) is 64.2 Å². The third kappa shape index (κ3) is 3.19. The molecule has 0 aromatic carbocycles. The van der Waals surface area contributed by atoms with Crippen LogP contribution in [0.5, 0.6) is 0 Å². The number of carbonyl (C=O) groups excluding carboxylic acids is 1. The highest BCUT2D eigenvalue weighted by molar-refractivity contribution is 8.00. The van der Waals surface area contributed by atoms with Gasteiger partial charge in [0.05, 0.1) is 17.1 Å². The van der Waals surface area contributed by atoms with Crippen molar-refractivity contribution in [3.8, 4) is 11.4 Å². The van der Waals surface area contributed by atoms with Gasteiger partial charge >= 0.3 is 0 Å². The lowest BCUT2D eigenvalue weighted by Crippen LogP contribution is -2.36. The number of hydrogen-bond donors (Lipinski definition) is 0. The van der Waals surface area contributed by atoms with E-state index in [1.165, 1.54) is 11.8 Å². The summed E-state index contributed by atoms with van der Waals surface area (Å²) in [7, 11) is 1.90. The zero-order valence-corrected chi connectivity index (χ0v) is 14.5. The number of carbonyl (C=O) groups is 1. The van der Waals surface area contributed by atoms with Crippen molar-refractivity contribution >= 4 is 17.7 Å². The maximum absolute atomic E-state index is 12.3. The van der Waals surface area contributed by atoms with E-state index in [0.717, 1.165) is 35.4 Å². The van der Waals surface area contributed by atoms with Crippen LogP contribution >= 0.6 is 11.8 Å². The van der Waals surface area contributed by atoms with Gasteiger partial charge in [-0.3, -0.25) is 4.79 Å². The number of furan rings is 1. The lowest BCUT2D eigenvalue weighted by atomic mass is 10.2. The molecule has 0 spiro atoms. The van der Waals surface area contributed by atoms with Crippen molar-refractivity contribution < 1.29 is 9.21 Å². The largest absolute Gasteiger partial charge is 0.469 e. The highest BCUT2D eigenvalue weighted by Crippen LogP contribution is 2.28. The van der Waals surface area contributed by atoms with E-state index in [9.17, 15) is 4.79 Å². The standard InChI is InChI=1S/C15H22N4O2S/c1-6-19(7-2)14(20)11(4)22-15-17-16-13(18(15)5)12-8-9-21-10(12)3/h8-9,11H,6-7H2,1-5H3. The highest BCUT2D eigenvalue weighted by atomic mass is 32.2. The van der Waals surface area contributed by atoms with Gasteiger partial charge in [0.25, 0.3) is 0 Å². The summed E-state index contributed by atoms with van der Waals surface area (Å²) in [5, 5.41) is 8.97. The molecule has 0 fully saturated rings. The average Bonchev–Trinajstić information content (AvgIpc) is 3.07. The summed E-state index contributed by atoms with van der Waals surface area (Å²) in [6.45, 7) is 9.21. The lowest BCUT2D eigenvalue weighted by molar-refractivity contribution is -0.129. The maximum Gasteiger partial charge on any atom is 0.235 e. The lowest BCUT2D eigenvalue weighted by Gasteiger charge is -2.22. The van der Waals surface area contributed by atoms with Gasteiger partial charge in [0.2, 0.25) is 5.91 Å². The molecule has 2 heterocycles. The van der Waals surface area contributed by atoms with Crippen molar-refractivity contribution in [3.05, 3.63) is 18.1 Å². The zero-order chi connectivity index (χ0) is 16.3. The van der Waals surface area contributed by atoms with Gasteiger partial charge in [0.15, 0.2) is 11.0 Å². The minimum absolute atomic E-state index is 0.124. The fraction of sp³-hybridized carbons (Fsp3) is 0.533. The smallest absolute Gasteiger partial charge is 0.235 e. The van der Waals surface area contributed by atoms with Crippen molar-refractivity contribution in [2.45, 2.75) is 38.1 Å². The molecule has 6 nitrogen and oxygen atoms in total. The zero-order valence-electron chi connectivity index (χ0n) is 13.7. The second-order valence-corrected chi connectivity index (χ2v) is 6.33. The number of hydrogen-bond acceptors (Lipinski definition) is 5. The number of thioether (sulfide) groups is 1. The number of aromatic nitrogens is 3. The van der Waals surface area contributed by atoms with E-state index in [4.69, 9.17) is 4.42 Å². The van der Waals surface area contributed by atoms with E-state index in [0.29, 0.717) is 0 Å². The number of rotatable bonds is 6. The molecule has 0 aliphatic carbocycles. The summed E-state index contributed by atoms with van der Waals surface area (Å²) in [4.78, 5) is 14.2. The molecule has 1 amide bonds. The number of nitrogens with zero attached hydrogens (tertiary/aromatic N) is 4. The van der Waals surface area contributed by atoms with E-state index in [1.807, 2.05) is 50.3 Å². The Kier molecular flexibility index (Phi) is 5.28. The number of aryl methyl sites for hydroxylation is 1. The molecular weight excluding hydrogens is 300 g/mol. The first-order valence-corrected chi connectivity index (χ1v) is 8.26. The third-order valence-electron chi connectivity index (χ3n) is 3.64. The van der Waals surface area contributed by atoms with Crippen LogP contribution in [0, 0.1) is 6.92 Å². The van der Waals surface area contributed by atoms with E-state index in [-0.39, 0.29) is 11.2 Å². The monoisotopic (exact) mass is 322 g/mol. The van der Waals surface area contributed by atoms with Gasteiger partial charge in [-0.2, -0.15) is 0 Å². The molecule has 1 atom stereocenters. The first-order chi connectivity index (χ1) is 10.5. The van der Waals surface area contributed by atoms with Crippen molar-refractivity contribution in [2.75, 3.05) is 13.1 Å². The molecule has 0 bridgehead atoms. The minimum Gasteiger partial charge on any atom is -0.469 e. The molecule has 0 saturated heterocycles. The molecule has 22 heavy (non-hydrogen) atoms. The van der Waals surface area contributed by atoms with Crippen LogP contribution in [0.25, 0.3) is 11.4 Å². The van der Waals surface area contributed by atoms with Crippen LogP contribution in [0.15, 0.2) is 21.9 Å². The van der Waals surface area contributed by atoms with Crippen molar-refractivity contribution in [3.63, 3.8) is 0 Å². The Labute approximate surface area is 134 Å². The summed E-state index contributed by atoms with van der Waals surface area (Å²) in [6, 6.07) is 1.87. The van der Waals surface area contributed by atoms with Gasteiger partial charge in [-0.25, -0.2) is 0 Å². The molecular formula is C15H22N4O2S.